The van der Waals surface area contributed by atoms with Crippen molar-refractivity contribution in [2.75, 3.05) is 6.54 Å². The second kappa shape index (κ2) is 5.58. The Morgan fingerprint density at radius 3 is 2.48 bits per heavy atom. The molecular formula is C11H17F3N2O4S. The molecule has 0 aromatic heterocycles. The fourth-order valence-corrected chi connectivity index (χ4v) is 3.39. The van der Waals surface area contributed by atoms with E-state index < -0.39 is 41.6 Å². The number of hydrogen-bond acceptors (Lipinski definition) is 7. The number of nitrogens with one attached hydrogen (secondary N) is 1. The predicted molar refractivity (Wildman–Crippen MR) is 69.8 cm³/mol. The van der Waals surface area contributed by atoms with Gasteiger partial charge in [-0.3, -0.25) is 4.99 Å². The van der Waals surface area contributed by atoms with Crippen LogP contribution >= 0.6 is 11.8 Å². The highest BCUT2D eigenvalue weighted by atomic mass is 32.2. The molecule has 2 aliphatic heterocycles. The van der Waals surface area contributed by atoms with E-state index in [1.54, 1.807) is 0 Å². The highest BCUT2D eigenvalue weighted by molar-refractivity contribution is 8.14. The second-order valence-corrected chi connectivity index (χ2v) is 6.21. The van der Waals surface area contributed by atoms with Crippen molar-refractivity contribution in [3.63, 3.8) is 0 Å². The number of halogens is 3. The smallest absolute Gasteiger partial charge is 0.388 e. The summed E-state index contributed by atoms with van der Waals surface area (Å²) in [7, 11) is 0. The number of nitrogens with zero attached hydrogens (tertiary/aromatic N) is 1. The van der Waals surface area contributed by atoms with E-state index >= 15 is 0 Å². The van der Waals surface area contributed by atoms with E-state index in [1.165, 1.54) is 0 Å². The third kappa shape index (κ3) is 2.87. The average Bonchev–Trinajstić information content (AvgIpc) is 2.75. The van der Waals surface area contributed by atoms with Crippen molar-refractivity contribution in [2.24, 2.45) is 4.99 Å². The van der Waals surface area contributed by atoms with Gasteiger partial charge in [-0.15, -0.1) is 0 Å². The summed E-state index contributed by atoms with van der Waals surface area (Å²) in [6.45, 7) is 2.88. The third-order valence-corrected chi connectivity index (χ3v) is 4.61. The van der Waals surface area contributed by atoms with Gasteiger partial charge in [0.1, 0.15) is 29.8 Å². The first-order valence-electron chi connectivity index (χ1n) is 6.38. The van der Waals surface area contributed by atoms with Crippen molar-refractivity contribution in [1.29, 1.82) is 0 Å². The molecule has 2 rings (SSSR count). The zero-order valence-electron chi connectivity index (χ0n) is 11.3. The largest absolute Gasteiger partial charge is 0.419 e. The minimum atomic E-state index is -5.00. The number of alkyl halides is 3. The van der Waals surface area contributed by atoms with Gasteiger partial charge in [-0.05, 0) is 13.8 Å². The van der Waals surface area contributed by atoms with Gasteiger partial charge in [0.2, 0.25) is 0 Å². The van der Waals surface area contributed by atoms with Gasteiger partial charge in [0.15, 0.2) is 10.8 Å². The van der Waals surface area contributed by atoms with Gasteiger partial charge < -0.3 is 25.4 Å². The van der Waals surface area contributed by atoms with Crippen molar-refractivity contribution in [2.45, 2.75) is 55.4 Å². The number of hydrogen-bond donors (Lipinski definition) is 4. The van der Waals surface area contributed by atoms with Crippen LogP contribution in [0.3, 0.4) is 0 Å². The lowest BCUT2D eigenvalue weighted by Crippen LogP contribution is -2.66. The molecule has 4 N–H and O–H groups in total. The van der Waals surface area contributed by atoms with Crippen LogP contribution in [-0.2, 0) is 4.74 Å². The Morgan fingerprint density at radius 2 is 1.95 bits per heavy atom. The molecule has 1 saturated heterocycles. The van der Waals surface area contributed by atoms with Crippen molar-refractivity contribution in [3.05, 3.63) is 0 Å². The maximum Gasteiger partial charge on any atom is 0.419 e. The van der Waals surface area contributed by atoms with Gasteiger partial charge in [-0.2, -0.15) is 13.2 Å². The molecule has 0 aliphatic carbocycles. The molecule has 0 bridgehead atoms. The minimum absolute atomic E-state index is 0.422. The zero-order chi connectivity index (χ0) is 16.0. The topological polar surface area (TPSA) is 94.3 Å². The van der Waals surface area contributed by atoms with Crippen molar-refractivity contribution in [3.8, 4) is 0 Å². The molecule has 6 atom stereocenters. The van der Waals surface area contributed by atoms with E-state index in [4.69, 9.17) is 4.74 Å². The average molecular weight is 330 g/mol. The standard InChI is InChI=1S/C11H17F3N2O4S/c1-3-15-9-16-4-5(17)6(18)7(20-8(4)21-9)10(2,19)11(12,13)14/h4-8,17-19H,3H2,1-2H3,(H,15,16)/t4-,5-,6+,7+,8-,10?/m1/s1. The fraction of sp³-hybridized carbons (Fsp3) is 0.909. The molecule has 0 radical (unpaired) electrons. The molecule has 1 fully saturated rings. The summed E-state index contributed by atoms with van der Waals surface area (Å²) >= 11 is 1.02. The minimum Gasteiger partial charge on any atom is -0.388 e. The lowest BCUT2D eigenvalue weighted by molar-refractivity contribution is -0.317. The molecule has 21 heavy (non-hydrogen) atoms. The van der Waals surface area contributed by atoms with Gasteiger partial charge in [0.25, 0.3) is 0 Å². The number of thioether (sulfide) groups is 1. The van der Waals surface area contributed by atoms with Gasteiger partial charge in [0, 0.05) is 6.54 Å². The van der Waals surface area contributed by atoms with Gasteiger partial charge in [0.05, 0.1) is 0 Å². The van der Waals surface area contributed by atoms with Crippen LogP contribution in [-0.4, -0.2) is 68.6 Å². The van der Waals surface area contributed by atoms with Crippen LogP contribution in [0.2, 0.25) is 0 Å². The molecule has 0 aromatic rings. The SMILES string of the molecule is CCNC1=N[C@@H]2[C@@H](O)[C@H](O)[C@@H](C(C)(O)C(F)(F)F)O[C@@H]2S1. The van der Waals surface area contributed by atoms with E-state index in [0.717, 1.165) is 11.8 Å². The fourth-order valence-electron chi connectivity index (χ4n) is 2.22. The number of ether oxygens (including phenoxy) is 1. The van der Waals surface area contributed by atoms with E-state index in [9.17, 15) is 28.5 Å². The summed E-state index contributed by atoms with van der Waals surface area (Å²) in [5, 5.41) is 32.8. The summed E-state index contributed by atoms with van der Waals surface area (Å²) in [4.78, 5) is 4.08. The number of rotatable bonds is 2. The van der Waals surface area contributed by atoms with E-state index in [1.807, 2.05) is 6.92 Å². The van der Waals surface area contributed by atoms with Crippen molar-refractivity contribution >= 4 is 16.9 Å². The first-order valence-corrected chi connectivity index (χ1v) is 7.26. The van der Waals surface area contributed by atoms with Gasteiger partial charge in [-0.25, -0.2) is 0 Å². The van der Waals surface area contributed by atoms with Crippen LogP contribution in [0.5, 0.6) is 0 Å². The molecule has 0 spiro atoms. The lowest BCUT2D eigenvalue weighted by atomic mass is 9.87. The van der Waals surface area contributed by atoms with E-state index in [-0.39, 0.29) is 0 Å². The highest BCUT2D eigenvalue weighted by Gasteiger charge is 2.62. The zero-order valence-corrected chi connectivity index (χ0v) is 12.1. The Labute approximate surface area is 123 Å². The second-order valence-electron chi connectivity index (χ2n) is 5.12. The Hall–Kier alpha value is -0.550. The number of aliphatic hydroxyl groups is 3. The number of aliphatic imine (C=N–C) groups is 1. The summed E-state index contributed by atoms with van der Waals surface area (Å²) in [6, 6.07) is -0.876. The van der Waals surface area contributed by atoms with E-state index in [0.29, 0.717) is 18.6 Å². The van der Waals surface area contributed by atoms with Crippen LogP contribution in [0.1, 0.15) is 13.8 Å². The van der Waals surface area contributed by atoms with Crippen LogP contribution in [0.4, 0.5) is 13.2 Å². The third-order valence-electron chi connectivity index (χ3n) is 3.52. The normalized spacial score (nSPS) is 39.4. The summed E-state index contributed by atoms with van der Waals surface area (Å²) in [5.41, 5.74) is -4.17. The maximum absolute atomic E-state index is 12.9. The highest BCUT2D eigenvalue weighted by Crippen LogP contribution is 2.43. The molecule has 1 unspecified atom stereocenters. The van der Waals surface area contributed by atoms with Crippen molar-refractivity contribution < 1.29 is 33.2 Å². The molecule has 10 heteroatoms. The lowest BCUT2D eigenvalue weighted by Gasteiger charge is -2.44. The van der Waals surface area contributed by atoms with Crippen LogP contribution in [0, 0.1) is 0 Å². The number of aliphatic hydroxyl groups excluding tert-OH is 2. The summed E-state index contributed by atoms with van der Waals surface area (Å²) < 4.78 is 43.9. The molecule has 0 amide bonds. The number of fused-ring (bicyclic) bond motifs is 1. The maximum atomic E-state index is 12.9. The molecule has 2 heterocycles. The molecule has 2 aliphatic rings. The Bertz CT molecular complexity index is 432. The van der Waals surface area contributed by atoms with Crippen LogP contribution < -0.4 is 5.32 Å². The van der Waals surface area contributed by atoms with Gasteiger partial charge >= 0.3 is 6.18 Å². The Kier molecular flexibility index (Phi) is 4.47. The Balaban J connectivity index is 2.21. The quantitative estimate of drug-likeness (QED) is 0.562. The molecule has 122 valence electrons. The molecular weight excluding hydrogens is 313 g/mol. The monoisotopic (exact) mass is 330 g/mol. The molecule has 0 aromatic carbocycles. The Morgan fingerprint density at radius 1 is 1.33 bits per heavy atom. The summed E-state index contributed by atoms with van der Waals surface area (Å²) in [5.74, 6) is 0. The molecule has 6 nitrogen and oxygen atoms in total. The first-order chi connectivity index (χ1) is 9.59. The summed E-state index contributed by atoms with van der Waals surface area (Å²) in [6.07, 6.45) is -10.4. The van der Waals surface area contributed by atoms with Crippen LogP contribution in [0.15, 0.2) is 4.99 Å². The van der Waals surface area contributed by atoms with Crippen LogP contribution in [0.25, 0.3) is 0 Å². The van der Waals surface area contributed by atoms with E-state index in [2.05, 4.69) is 10.3 Å². The first kappa shape index (κ1) is 16.8. The predicted octanol–water partition coefficient (Wildman–Crippen LogP) is -0.173. The van der Waals surface area contributed by atoms with Crippen molar-refractivity contribution in [1.82, 2.24) is 5.32 Å². The number of amidine groups is 1. The molecule has 0 saturated carbocycles. The van der Waals surface area contributed by atoms with Gasteiger partial charge in [-0.1, -0.05) is 11.8 Å².